The number of carbonyl (C=O) groups excluding carboxylic acids is 2. The van der Waals surface area contributed by atoms with Crippen LogP contribution < -0.4 is 4.74 Å². The van der Waals surface area contributed by atoms with Crippen LogP contribution in [0.3, 0.4) is 0 Å². The van der Waals surface area contributed by atoms with Crippen molar-refractivity contribution in [3.05, 3.63) is 46.2 Å². The lowest BCUT2D eigenvalue weighted by Gasteiger charge is -2.28. The predicted molar refractivity (Wildman–Crippen MR) is 104 cm³/mol. The first-order valence-electron chi connectivity index (χ1n) is 9.23. The van der Waals surface area contributed by atoms with E-state index in [1.54, 1.807) is 26.8 Å². The maximum absolute atomic E-state index is 13.0. The van der Waals surface area contributed by atoms with Crippen LogP contribution in [-0.2, 0) is 10.2 Å². The summed E-state index contributed by atoms with van der Waals surface area (Å²) < 4.78 is 11.1. The predicted octanol–water partition coefficient (Wildman–Crippen LogP) is 3.45. The number of aliphatic hydroxyl groups is 1. The van der Waals surface area contributed by atoms with Crippen LogP contribution in [0.25, 0.3) is 0 Å². The van der Waals surface area contributed by atoms with Crippen molar-refractivity contribution in [1.29, 1.82) is 0 Å². The van der Waals surface area contributed by atoms with Crippen LogP contribution in [0.4, 0.5) is 0 Å². The molecule has 0 amide bonds. The zero-order chi connectivity index (χ0) is 21.0. The number of phenolic OH excluding ortho intramolecular Hbond substituents is 1. The number of aromatic hydroxyl groups is 1. The van der Waals surface area contributed by atoms with Crippen LogP contribution in [0, 0.1) is 0 Å². The molecular weight excluding hydrogens is 360 g/mol. The van der Waals surface area contributed by atoms with Gasteiger partial charge in [0.15, 0.2) is 11.5 Å². The largest absolute Gasteiger partial charge is 0.507 e. The number of benzene rings is 1. The minimum absolute atomic E-state index is 0.0150. The second kappa shape index (κ2) is 6.48. The first-order chi connectivity index (χ1) is 12.9. The molecule has 1 aliphatic carbocycles. The average molecular weight is 386 g/mol. The molecule has 0 spiro atoms. The van der Waals surface area contributed by atoms with Crippen LogP contribution >= 0.6 is 0 Å². The van der Waals surface area contributed by atoms with E-state index in [1.165, 1.54) is 13.2 Å². The van der Waals surface area contributed by atoms with Gasteiger partial charge < -0.3 is 19.7 Å². The van der Waals surface area contributed by atoms with Gasteiger partial charge in [-0.2, -0.15) is 0 Å². The maximum Gasteiger partial charge on any atom is 0.228 e. The zero-order valence-corrected chi connectivity index (χ0v) is 17.0. The van der Waals surface area contributed by atoms with Crippen LogP contribution in [0.15, 0.2) is 29.6 Å². The van der Waals surface area contributed by atoms with Crippen molar-refractivity contribution in [3.8, 4) is 11.5 Å². The van der Waals surface area contributed by atoms with Crippen molar-refractivity contribution in [2.24, 2.45) is 0 Å². The van der Waals surface area contributed by atoms with E-state index >= 15 is 0 Å². The second-order valence-electron chi connectivity index (χ2n) is 8.28. The monoisotopic (exact) mass is 386 g/mol. The van der Waals surface area contributed by atoms with E-state index in [0.717, 1.165) is 0 Å². The first kappa shape index (κ1) is 20.1. The van der Waals surface area contributed by atoms with E-state index in [9.17, 15) is 19.8 Å². The normalized spacial score (nSPS) is 24.5. The lowest BCUT2D eigenvalue weighted by molar-refractivity contribution is 0.0902. The summed E-state index contributed by atoms with van der Waals surface area (Å²) in [5.41, 5.74) is -0.585. The Morgan fingerprint density at radius 1 is 1.32 bits per heavy atom. The molecule has 2 atom stereocenters. The number of ether oxygens (including phenoxy) is 2. The minimum atomic E-state index is -0.958. The van der Waals surface area contributed by atoms with Crippen molar-refractivity contribution in [2.45, 2.75) is 58.2 Å². The molecule has 1 aromatic carbocycles. The van der Waals surface area contributed by atoms with E-state index in [2.05, 4.69) is 0 Å². The van der Waals surface area contributed by atoms with Gasteiger partial charge in [0, 0.05) is 22.1 Å². The Kier molecular flexibility index (Phi) is 4.66. The van der Waals surface area contributed by atoms with Crippen LogP contribution in [0.5, 0.6) is 11.5 Å². The van der Waals surface area contributed by atoms with Gasteiger partial charge in [0.1, 0.15) is 17.6 Å². The molecule has 6 heteroatoms. The van der Waals surface area contributed by atoms with Crippen molar-refractivity contribution < 1.29 is 29.3 Å². The Labute approximate surface area is 164 Å². The molecule has 6 nitrogen and oxygen atoms in total. The Bertz CT molecular complexity index is 931. The lowest BCUT2D eigenvalue weighted by Crippen LogP contribution is -2.32. The molecule has 0 saturated heterocycles. The molecule has 1 aliphatic heterocycles. The van der Waals surface area contributed by atoms with Gasteiger partial charge in [-0.05, 0) is 40.2 Å². The highest BCUT2D eigenvalue weighted by molar-refractivity contribution is 6.27. The highest BCUT2D eigenvalue weighted by atomic mass is 16.5. The summed E-state index contributed by atoms with van der Waals surface area (Å²) in [6.07, 6.45) is 3.67. The zero-order valence-electron chi connectivity index (χ0n) is 17.0. The van der Waals surface area contributed by atoms with Gasteiger partial charge in [0.05, 0.1) is 18.3 Å². The molecule has 0 fully saturated rings. The third kappa shape index (κ3) is 2.92. The van der Waals surface area contributed by atoms with Gasteiger partial charge in [-0.1, -0.05) is 19.1 Å². The summed E-state index contributed by atoms with van der Waals surface area (Å²) in [5.74, 6) is -0.632. The summed E-state index contributed by atoms with van der Waals surface area (Å²) >= 11 is 0. The summed E-state index contributed by atoms with van der Waals surface area (Å²) in [6.45, 7) is 8.69. The topological polar surface area (TPSA) is 93.1 Å². The van der Waals surface area contributed by atoms with Gasteiger partial charge >= 0.3 is 0 Å². The first-order valence-corrected chi connectivity index (χ1v) is 9.23. The fourth-order valence-electron chi connectivity index (χ4n) is 3.92. The Balaban J connectivity index is 2.17. The summed E-state index contributed by atoms with van der Waals surface area (Å²) in [4.78, 5) is 25.7. The third-order valence-corrected chi connectivity index (χ3v) is 5.65. The van der Waals surface area contributed by atoms with Crippen molar-refractivity contribution in [3.63, 3.8) is 0 Å². The lowest BCUT2D eigenvalue weighted by atomic mass is 9.74. The molecule has 0 bridgehead atoms. The molecule has 28 heavy (non-hydrogen) atoms. The molecule has 0 unspecified atom stereocenters. The smallest absolute Gasteiger partial charge is 0.228 e. The van der Waals surface area contributed by atoms with Gasteiger partial charge in [0.2, 0.25) is 5.78 Å². The summed E-state index contributed by atoms with van der Waals surface area (Å²) in [6, 6.07) is 1.33. The molecule has 1 aromatic rings. The number of carbonyl (C=O) groups is 2. The number of ketones is 2. The molecule has 3 rings (SSSR count). The van der Waals surface area contributed by atoms with E-state index in [-0.39, 0.29) is 45.8 Å². The van der Waals surface area contributed by atoms with E-state index in [0.29, 0.717) is 12.0 Å². The summed E-state index contributed by atoms with van der Waals surface area (Å²) in [5, 5.41) is 20.7. The molecule has 0 aromatic heterocycles. The highest BCUT2D eigenvalue weighted by Crippen LogP contribution is 2.53. The minimum Gasteiger partial charge on any atom is -0.507 e. The molecule has 1 heterocycles. The number of hydrogen-bond acceptors (Lipinski definition) is 6. The Hall–Kier alpha value is -2.60. The fourth-order valence-corrected chi connectivity index (χ4v) is 3.92. The number of fused-ring (bicyclic) bond motifs is 3. The van der Waals surface area contributed by atoms with E-state index < -0.39 is 16.8 Å². The van der Waals surface area contributed by atoms with Crippen molar-refractivity contribution in [1.82, 2.24) is 0 Å². The van der Waals surface area contributed by atoms with Crippen LogP contribution in [-0.4, -0.2) is 40.6 Å². The maximum atomic E-state index is 13.0. The molecule has 0 saturated carbocycles. The van der Waals surface area contributed by atoms with Crippen molar-refractivity contribution >= 4 is 11.6 Å². The number of Topliss-reactive ketones (excluding diaryl/α,β-unsaturated/α-hetero) is 2. The number of rotatable bonds is 4. The molecule has 2 aliphatic rings. The van der Waals surface area contributed by atoms with Gasteiger partial charge in [-0.25, -0.2) is 0 Å². The molecule has 150 valence electrons. The van der Waals surface area contributed by atoms with Gasteiger partial charge in [0.25, 0.3) is 0 Å². The number of allylic oxidation sites excluding steroid dienone is 3. The quantitative estimate of drug-likeness (QED) is 0.770. The Morgan fingerprint density at radius 3 is 2.54 bits per heavy atom. The number of hydrogen-bond donors (Lipinski definition) is 2. The highest BCUT2D eigenvalue weighted by Gasteiger charge is 2.48. The second-order valence-corrected chi connectivity index (χ2v) is 8.28. The summed E-state index contributed by atoms with van der Waals surface area (Å²) in [7, 11) is 1.34. The molecule has 2 N–H and O–H groups in total. The van der Waals surface area contributed by atoms with Crippen LogP contribution in [0.1, 0.15) is 67.3 Å². The average Bonchev–Trinajstić information content (AvgIpc) is 2.84. The van der Waals surface area contributed by atoms with Crippen LogP contribution in [0.2, 0.25) is 0 Å². The van der Waals surface area contributed by atoms with Crippen molar-refractivity contribution in [2.75, 3.05) is 7.11 Å². The third-order valence-electron chi connectivity index (χ3n) is 5.65. The fraction of sp³-hybridized carbons (Fsp3) is 0.455. The molecule has 0 radical (unpaired) electrons. The van der Waals surface area contributed by atoms with E-state index in [1.807, 2.05) is 19.9 Å². The number of phenols is 1. The Morgan fingerprint density at radius 2 is 1.96 bits per heavy atom. The molecular formula is C22H26O6. The SMILES string of the molecule is COC1=C(C)C(=O)c2c(cc(O)c3c2O[C@H](C)[C@@]3(C)CC=CC(C)(C)O)C1=O. The van der Waals surface area contributed by atoms with Gasteiger partial charge in [-0.15, -0.1) is 0 Å². The standard InChI is InChI=1S/C22H26O6/c1-11-17(24)15-13(18(25)19(11)27-6)10-14(23)16-20(15)28-12(2)22(16,5)9-7-8-21(3,4)26/h7-8,10,12,23,26H,9H2,1-6H3/t12-,22-/m1/s1. The van der Waals surface area contributed by atoms with E-state index in [4.69, 9.17) is 9.47 Å². The van der Waals surface area contributed by atoms with Gasteiger partial charge in [-0.3, -0.25) is 9.59 Å². The number of methoxy groups -OCH3 is 1.